The molecule has 1 aliphatic heterocycles. The summed E-state index contributed by atoms with van der Waals surface area (Å²) >= 11 is 0. The minimum Gasteiger partial charge on any atom is -0.394 e. The molecule has 1 saturated heterocycles. The molecule has 1 aliphatic rings. The molecule has 16 heavy (non-hydrogen) atoms. The van der Waals surface area contributed by atoms with E-state index in [1.807, 2.05) is 0 Å². The number of piperidine rings is 1. The Bertz CT molecular complexity index is 167. The summed E-state index contributed by atoms with van der Waals surface area (Å²) < 4.78 is 0. The van der Waals surface area contributed by atoms with Gasteiger partial charge in [-0.1, -0.05) is 0 Å². The number of hydrogen-bond acceptors (Lipinski definition) is 7. The number of rotatable bonds is 7. The summed E-state index contributed by atoms with van der Waals surface area (Å²) in [4.78, 5) is 10.3. The summed E-state index contributed by atoms with van der Waals surface area (Å²) in [5, 5.41) is 29.7. The predicted molar refractivity (Wildman–Crippen MR) is 54.7 cm³/mol. The lowest BCUT2D eigenvalue weighted by Crippen LogP contribution is -2.48. The van der Waals surface area contributed by atoms with Gasteiger partial charge in [0.2, 0.25) is 0 Å². The van der Waals surface area contributed by atoms with Crippen LogP contribution in [0.3, 0.4) is 0 Å². The molecule has 0 aliphatic carbocycles. The first-order valence-electron chi connectivity index (χ1n) is 5.48. The smallest absolute Gasteiger partial charge is 0.0957 e. The van der Waals surface area contributed by atoms with Crippen LogP contribution >= 0.6 is 0 Å². The zero-order valence-corrected chi connectivity index (χ0v) is 9.29. The van der Waals surface area contributed by atoms with Crippen molar-refractivity contribution in [3.63, 3.8) is 0 Å². The predicted octanol–water partition coefficient (Wildman–Crippen LogP) is -1.49. The first kappa shape index (κ1) is 13.8. The zero-order valence-electron chi connectivity index (χ0n) is 9.29. The lowest BCUT2D eigenvalue weighted by molar-refractivity contribution is -0.466. The van der Waals surface area contributed by atoms with E-state index in [-0.39, 0.29) is 32.5 Å². The molecular formula is C9H20N2O5. The van der Waals surface area contributed by atoms with Crippen molar-refractivity contribution in [3.05, 3.63) is 0 Å². The average Bonchev–Trinajstić information content (AvgIpc) is 2.31. The molecule has 0 atom stereocenters. The summed E-state index contributed by atoms with van der Waals surface area (Å²) in [5.41, 5.74) is 0. The molecule has 3 N–H and O–H groups in total. The fraction of sp³-hybridized carbons (Fsp3) is 1.00. The van der Waals surface area contributed by atoms with Gasteiger partial charge in [0.1, 0.15) is 0 Å². The molecule has 0 bridgehead atoms. The maximum absolute atomic E-state index is 9.35. The fourth-order valence-electron chi connectivity index (χ4n) is 1.45. The Kier molecular flexibility index (Phi) is 6.81. The van der Waals surface area contributed by atoms with Crippen molar-refractivity contribution in [1.29, 1.82) is 0 Å². The van der Waals surface area contributed by atoms with Crippen molar-refractivity contribution in [3.8, 4) is 0 Å². The Morgan fingerprint density at radius 1 is 1.06 bits per heavy atom. The van der Waals surface area contributed by atoms with Crippen LogP contribution in [0.5, 0.6) is 0 Å². The van der Waals surface area contributed by atoms with Crippen LogP contribution in [0.4, 0.5) is 0 Å². The van der Waals surface area contributed by atoms with Crippen molar-refractivity contribution in [2.24, 2.45) is 0 Å². The Labute approximate surface area is 94.7 Å². The Hall–Kier alpha value is -0.280. The molecule has 1 fully saturated rings. The molecule has 0 spiro atoms. The summed E-state index contributed by atoms with van der Waals surface area (Å²) in [5.74, 6) is 0. The summed E-state index contributed by atoms with van der Waals surface area (Å²) in [6.45, 7) is 1.30. The second-order valence-corrected chi connectivity index (χ2v) is 3.54. The molecule has 7 nitrogen and oxygen atoms in total. The molecule has 0 unspecified atom stereocenters. The minimum atomic E-state index is -0.270. The van der Waals surface area contributed by atoms with Gasteiger partial charge in [0.25, 0.3) is 0 Å². The normalized spacial score (nSPS) is 19.5. The Morgan fingerprint density at radius 3 is 2.00 bits per heavy atom. The maximum Gasteiger partial charge on any atom is 0.0957 e. The highest BCUT2D eigenvalue weighted by atomic mass is 17.0. The van der Waals surface area contributed by atoms with Gasteiger partial charge in [-0.05, 0) is 12.8 Å². The van der Waals surface area contributed by atoms with Crippen molar-refractivity contribution in [1.82, 2.24) is 10.3 Å². The molecular weight excluding hydrogens is 216 g/mol. The van der Waals surface area contributed by atoms with E-state index in [1.54, 1.807) is 5.01 Å². The molecule has 1 heterocycles. The van der Waals surface area contributed by atoms with Crippen LogP contribution in [0.2, 0.25) is 0 Å². The molecule has 0 amide bonds. The molecule has 0 aromatic rings. The van der Waals surface area contributed by atoms with E-state index in [2.05, 4.69) is 0 Å². The second kappa shape index (κ2) is 7.91. The third kappa shape index (κ3) is 4.71. The summed E-state index contributed by atoms with van der Waals surface area (Å²) in [6.07, 6.45) is 1.04. The largest absolute Gasteiger partial charge is 0.394 e. The van der Waals surface area contributed by atoms with Gasteiger partial charge in [-0.2, -0.15) is 5.01 Å². The van der Waals surface area contributed by atoms with Gasteiger partial charge in [0.15, 0.2) is 0 Å². The topological polar surface area (TPSA) is 85.6 Å². The number of aliphatic hydroxyl groups is 3. The van der Waals surface area contributed by atoms with Crippen LogP contribution in [0.1, 0.15) is 12.8 Å². The summed E-state index contributed by atoms with van der Waals surface area (Å²) in [6, 6.07) is 0. The van der Waals surface area contributed by atoms with E-state index in [0.29, 0.717) is 25.9 Å². The zero-order chi connectivity index (χ0) is 11.8. The van der Waals surface area contributed by atoms with Gasteiger partial charge in [-0.3, -0.25) is 9.68 Å². The van der Waals surface area contributed by atoms with E-state index in [0.717, 1.165) is 0 Å². The first-order valence-corrected chi connectivity index (χ1v) is 5.48. The fourth-order valence-corrected chi connectivity index (χ4v) is 1.45. The lowest BCUT2D eigenvalue weighted by atomic mass is 10.1. The monoisotopic (exact) mass is 236 g/mol. The quantitative estimate of drug-likeness (QED) is 0.464. The molecule has 7 heteroatoms. The van der Waals surface area contributed by atoms with Gasteiger partial charge in [-0.15, -0.1) is 0 Å². The number of nitrogens with zero attached hydrogens (tertiary/aromatic N) is 2. The van der Waals surface area contributed by atoms with Gasteiger partial charge < -0.3 is 15.3 Å². The Morgan fingerprint density at radius 2 is 1.56 bits per heavy atom. The second-order valence-electron chi connectivity index (χ2n) is 3.54. The third-order valence-corrected chi connectivity index (χ3v) is 2.26. The molecule has 0 radical (unpaired) electrons. The van der Waals surface area contributed by atoms with E-state index in [4.69, 9.17) is 19.9 Å². The van der Waals surface area contributed by atoms with Crippen LogP contribution in [0, 0.1) is 0 Å². The molecule has 0 aromatic heterocycles. The highest BCUT2D eigenvalue weighted by Crippen LogP contribution is 2.13. The maximum atomic E-state index is 9.35. The lowest BCUT2D eigenvalue weighted by Gasteiger charge is -2.35. The van der Waals surface area contributed by atoms with Gasteiger partial charge in [0.05, 0.1) is 32.5 Å². The average molecular weight is 236 g/mol. The van der Waals surface area contributed by atoms with Gasteiger partial charge >= 0.3 is 0 Å². The number of aliphatic hydroxyl groups excluding tert-OH is 3. The van der Waals surface area contributed by atoms with Crippen LogP contribution in [-0.2, 0) is 9.68 Å². The first-order chi connectivity index (χ1) is 7.77. The highest BCUT2D eigenvalue weighted by Gasteiger charge is 2.23. The molecule has 96 valence electrons. The van der Waals surface area contributed by atoms with Crippen molar-refractivity contribution in [2.45, 2.75) is 18.9 Å². The van der Waals surface area contributed by atoms with E-state index in [9.17, 15) is 5.11 Å². The highest BCUT2D eigenvalue weighted by molar-refractivity contribution is 4.66. The minimum absolute atomic E-state index is 0.102. The summed E-state index contributed by atoms with van der Waals surface area (Å²) in [7, 11) is 0. The van der Waals surface area contributed by atoms with Crippen molar-refractivity contribution >= 4 is 0 Å². The van der Waals surface area contributed by atoms with Crippen LogP contribution in [0.15, 0.2) is 0 Å². The van der Waals surface area contributed by atoms with Crippen molar-refractivity contribution < 1.29 is 25.0 Å². The SMILES string of the molecule is OCCON(OCCO)N1CCC(O)CC1. The molecule has 0 saturated carbocycles. The number of hydrogen-bond donors (Lipinski definition) is 3. The van der Waals surface area contributed by atoms with E-state index >= 15 is 0 Å². The van der Waals surface area contributed by atoms with Crippen molar-refractivity contribution in [2.75, 3.05) is 39.5 Å². The van der Waals surface area contributed by atoms with Crippen LogP contribution in [-0.4, -0.2) is 71.3 Å². The van der Waals surface area contributed by atoms with Gasteiger partial charge in [-0.25, -0.2) is 0 Å². The van der Waals surface area contributed by atoms with E-state index < -0.39 is 0 Å². The molecule has 1 rings (SSSR count). The number of hydrazine groups is 1. The van der Waals surface area contributed by atoms with E-state index in [1.165, 1.54) is 5.34 Å². The Balaban J connectivity index is 2.34. The molecule has 0 aromatic carbocycles. The third-order valence-electron chi connectivity index (χ3n) is 2.26. The van der Waals surface area contributed by atoms with Crippen LogP contribution < -0.4 is 0 Å². The standard InChI is InChI=1S/C9H20N2O5/c12-5-7-15-11(16-8-6-13)10-3-1-9(14)2-4-10/h9,12-14H,1-8H2. The van der Waals surface area contributed by atoms with Gasteiger partial charge in [0, 0.05) is 18.4 Å². The van der Waals surface area contributed by atoms with Crippen LogP contribution in [0.25, 0.3) is 0 Å².